The lowest BCUT2D eigenvalue weighted by atomic mass is 10.0. The number of hydrogen-bond donors (Lipinski definition) is 1. The van der Waals surface area contributed by atoms with Gasteiger partial charge in [-0.2, -0.15) is 5.26 Å². The molecular weight excluding hydrogens is 320 g/mol. The number of rotatable bonds is 6. The molecule has 0 saturated carbocycles. The highest BCUT2D eigenvalue weighted by Crippen LogP contribution is 2.08. The molecule has 0 radical (unpaired) electrons. The molecule has 0 aliphatic rings. The maximum atomic E-state index is 12.0. The second kappa shape index (κ2) is 9.08. The molecule has 25 heavy (non-hydrogen) atoms. The summed E-state index contributed by atoms with van der Waals surface area (Å²) in [7, 11) is 1.26. The third-order valence-corrected chi connectivity index (χ3v) is 3.51. The third kappa shape index (κ3) is 5.66. The molecule has 0 aliphatic carbocycles. The van der Waals surface area contributed by atoms with E-state index in [1.54, 1.807) is 24.3 Å². The quantitative estimate of drug-likeness (QED) is 0.818. The van der Waals surface area contributed by atoms with E-state index < -0.39 is 18.1 Å². The lowest BCUT2D eigenvalue weighted by molar-refractivity contribution is -0.143. The minimum Gasteiger partial charge on any atom is -0.467 e. The predicted octanol–water partition coefficient (Wildman–Crippen LogP) is 2.57. The van der Waals surface area contributed by atoms with Crippen molar-refractivity contribution in [1.82, 2.24) is 5.32 Å². The van der Waals surface area contributed by atoms with Crippen LogP contribution in [0.3, 0.4) is 0 Å². The molecule has 2 rings (SSSR count). The highest BCUT2D eigenvalue weighted by Gasteiger charge is 2.22. The van der Waals surface area contributed by atoms with Crippen LogP contribution in [0.1, 0.15) is 16.7 Å². The van der Waals surface area contributed by atoms with E-state index in [9.17, 15) is 9.59 Å². The normalized spacial score (nSPS) is 11.0. The number of hydrogen-bond acceptors (Lipinski definition) is 5. The van der Waals surface area contributed by atoms with Gasteiger partial charge in [0.1, 0.15) is 12.6 Å². The molecule has 0 bridgehead atoms. The minimum absolute atomic E-state index is 0.109. The number of nitrogens with zero attached hydrogens (tertiary/aromatic N) is 1. The molecule has 0 aliphatic heterocycles. The van der Waals surface area contributed by atoms with Gasteiger partial charge in [-0.1, -0.05) is 42.5 Å². The fourth-order valence-corrected chi connectivity index (χ4v) is 2.19. The van der Waals surface area contributed by atoms with Gasteiger partial charge in [-0.25, -0.2) is 9.59 Å². The Labute approximate surface area is 146 Å². The van der Waals surface area contributed by atoms with E-state index in [-0.39, 0.29) is 13.0 Å². The van der Waals surface area contributed by atoms with E-state index in [1.165, 1.54) is 7.11 Å². The second-order valence-corrected chi connectivity index (χ2v) is 5.29. The van der Waals surface area contributed by atoms with Crippen molar-refractivity contribution in [2.24, 2.45) is 0 Å². The minimum atomic E-state index is -0.874. The summed E-state index contributed by atoms with van der Waals surface area (Å²) in [5.41, 5.74) is 2.16. The summed E-state index contributed by atoms with van der Waals surface area (Å²) in [5, 5.41) is 11.3. The van der Waals surface area contributed by atoms with Crippen LogP contribution in [0, 0.1) is 11.3 Å². The highest BCUT2D eigenvalue weighted by molar-refractivity contribution is 5.81. The molecule has 6 nitrogen and oxygen atoms in total. The Morgan fingerprint density at radius 2 is 1.76 bits per heavy atom. The van der Waals surface area contributed by atoms with Gasteiger partial charge < -0.3 is 14.8 Å². The Balaban J connectivity index is 1.95. The summed E-state index contributed by atoms with van der Waals surface area (Å²) in [6.45, 7) is 0.109. The van der Waals surface area contributed by atoms with E-state index in [0.717, 1.165) is 11.1 Å². The first kappa shape index (κ1) is 18.0. The second-order valence-electron chi connectivity index (χ2n) is 5.29. The average Bonchev–Trinajstić information content (AvgIpc) is 2.66. The number of carbonyl (C=O) groups is 2. The van der Waals surface area contributed by atoms with E-state index in [2.05, 4.69) is 5.32 Å². The SMILES string of the molecule is COC(=O)C(Cc1ccc(C#N)cc1)NC(=O)OCc1ccccc1. The number of nitriles is 1. The van der Waals surface area contributed by atoms with Crippen molar-refractivity contribution in [3.05, 3.63) is 71.3 Å². The molecule has 0 heterocycles. The van der Waals surface area contributed by atoms with Gasteiger partial charge in [-0.3, -0.25) is 0 Å². The molecule has 2 aromatic carbocycles. The van der Waals surface area contributed by atoms with Crippen LogP contribution in [0.5, 0.6) is 0 Å². The maximum absolute atomic E-state index is 12.0. The van der Waals surface area contributed by atoms with Gasteiger partial charge in [0.2, 0.25) is 0 Å². The zero-order chi connectivity index (χ0) is 18.1. The number of methoxy groups -OCH3 is 1. The topological polar surface area (TPSA) is 88.4 Å². The van der Waals surface area contributed by atoms with Crippen molar-refractivity contribution >= 4 is 12.1 Å². The third-order valence-electron chi connectivity index (χ3n) is 3.51. The monoisotopic (exact) mass is 338 g/mol. The Bertz CT molecular complexity index is 751. The Morgan fingerprint density at radius 1 is 1.08 bits per heavy atom. The van der Waals surface area contributed by atoms with Crippen LogP contribution in [0.4, 0.5) is 4.79 Å². The van der Waals surface area contributed by atoms with Crippen LogP contribution in [-0.4, -0.2) is 25.2 Å². The molecule has 0 fully saturated rings. The van der Waals surface area contributed by atoms with Gasteiger partial charge in [0, 0.05) is 6.42 Å². The van der Waals surface area contributed by atoms with Crippen molar-refractivity contribution < 1.29 is 19.1 Å². The largest absolute Gasteiger partial charge is 0.467 e. The summed E-state index contributed by atoms with van der Waals surface area (Å²) in [6, 6.07) is 17.1. The lowest BCUT2D eigenvalue weighted by Crippen LogP contribution is -2.43. The van der Waals surface area contributed by atoms with Crippen LogP contribution >= 0.6 is 0 Å². The van der Waals surface area contributed by atoms with E-state index in [1.807, 2.05) is 36.4 Å². The zero-order valence-electron chi connectivity index (χ0n) is 13.8. The molecule has 1 N–H and O–H groups in total. The summed E-state index contributed by atoms with van der Waals surface area (Å²) in [5.74, 6) is -0.568. The van der Waals surface area contributed by atoms with E-state index in [4.69, 9.17) is 14.7 Å². The van der Waals surface area contributed by atoms with Gasteiger partial charge in [0.05, 0.1) is 18.7 Å². The first-order valence-corrected chi connectivity index (χ1v) is 7.66. The lowest BCUT2D eigenvalue weighted by Gasteiger charge is -2.16. The summed E-state index contributed by atoms with van der Waals surface area (Å²) in [6.07, 6.45) is -0.466. The van der Waals surface area contributed by atoms with Gasteiger partial charge in [0.15, 0.2) is 0 Å². The van der Waals surface area contributed by atoms with Gasteiger partial charge in [-0.15, -0.1) is 0 Å². The molecule has 0 saturated heterocycles. The van der Waals surface area contributed by atoms with Crippen LogP contribution in [0.25, 0.3) is 0 Å². The molecule has 128 valence electrons. The fraction of sp³-hybridized carbons (Fsp3) is 0.211. The molecule has 6 heteroatoms. The van der Waals surface area contributed by atoms with Crippen LogP contribution < -0.4 is 5.32 Å². The summed E-state index contributed by atoms with van der Waals surface area (Å²) >= 11 is 0. The summed E-state index contributed by atoms with van der Waals surface area (Å²) < 4.78 is 9.86. The van der Waals surface area contributed by atoms with Gasteiger partial charge in [-0.05, 0) is 23.3 Å². The van der Waals surface area contributed by atoms with Gasteiger partial charge in [0.25, 0.3) is 0 Å². The number of amides is 1. The van der Waals surface area contributed by atoms with Gasteiger partial charge >= 0.3 is 12.1 Å². The molecule has 1 unspecified atom stereocenters. The van der Waals surface area contributed by atoms with E-state index >= 15 is 0 Å². The van der Waals surface area contributed by atoms with Crippen molar-refractivity contribution in [2.45, 2.75) is 19.1 Å². The molecular formula is C19H18N2O4. The van der Waals surface area contributed by atoms with Crippen molar-refractivity contribution in [2.75, 3.05) is 7.11 Å². The van der Waals surface area contributed by atoms with Crippen LogP contribution in [0.15, 0.2) is 54.6 Å². The molecule has 1 amide bonds. The number of benzene rings is 2. The highest BCUT2D eigenvalue weighted by atomic mass is 16.6. The Hall–Kier alpha value is -3.33. The van der Waals surface area contributed by atoms with Crippen molar-refractivity contribution in [3.63, 3.8) is 0 Å². The standard InChI is InChI=1S/C19H18N2O4/c1-24-18(22)17(11-14-7-9-15(12-20)10-8-14)21-19(23)25-13-16-5-3-2-4-6-16/h2-10,17H,11,13H2,1H3,(H,21,23). The van der Waals surface area contributed by atoms with E-state index in [0.29, 0.717) is 5.56 Å². The zero-order valence-corrected chi connectivity index (χ0v) is 13.8. The number of esters is 1. The number of nitrogens with one attached hydrogen (secondary N) is 1. The Morgan fingerprint density at radius 3 is 2.36 bits per heavy atom. The van der Waals surface area contributed by atoms with Crippen LogP contribution in [-0.2, 0) is 27.3 Å². The Kier molecular flexibility index (Phi) is 6.55. The summed E-state index contributed by atoms with van der Waals surface area (Å²) in [4.78, 5) is 23.9. The molecule has 2 aromatic rings. The predicted molar refractivity (Wildman–Crippen MR) is 90.4 cm³/mol. The first-order valence-electron chi connectivity index (χ1n) is 7.66. The first-order chi connectivity index (χ1) is 12.1. The van der Waals surface area contributed by atoms with Crippen molar-refractivity contribution in [1.29, 1.82) is 5.26 Å². The molecule has 0 spiro atoms. The smallest absolute Gasteiger partial charge is 0.408 e. The molecule has 0 aromatic heterocycles. The average molecular weight is 338 g/mol. The number of alkyl carbamates (subject to hydrolysis) is 1. The fourth-order valence-electron chi connectivity index (χ4n) is 2.19. The van der Waals surface area contributed by atoms with Crippen LogP contribution in [0.2, 0.25) is 0 Å². The van der Waals surface area contributed by atoms with Crippen molar-refractivity contribution in [3.8, 4) is 6.07 Å². The maximum Gasteiger partial charge on any atom is 0.408 e. The number of ether oxygens (including phenoxy) is 2. The molecule has 1 atom stereocenters. The number of carbonyl (C=O) groups excluding carboxylic acids is 2.